The van der Waals surface area contributed by atoms with Crippen molar-refractivity contribution in [2.24, 2.45) is 5.92 Å². The van der Waals surface area contributed by atoms with Crippen LogP contribution in [0.25, 0.3) is 0 Å². The van der Waals surface area contributed by atoms with Crippen LogP contribution in [0.3, 0.4) is 0 Å². The minimum Gasteiger partial charge on any atom is -0.378 e. The van der Waals surface area contributed by atoms with E-state index in [1.54, 1.807) is 23.6 Å². The van der Waals surface area contributed by atoms with Gasteiger partial charge in [-0.15, -0.1) is 0 Å². The Morgan fingerprint density at radius 1 is 1.17 bits per heavy atom. The molecule has 0 aromatic heterocycles. The summed E-state index contributed by atoms with van der Waals surface area (Å²) in [5, 5.41) is -0.455. The molecule has 3 fully saturated rings. The lowest BCUT2D eigenvalue weighted by Gasteiger charge is -2.43. The van der Waals surface area contributed by atoms with Crippen molar-refractivity contribution in [1.82, 2.24) is 14.1 Å². The Hall–Kier alpha value is -1.19. The second-order valence-corrected chi connectivity index (χ2v) is 9.44. The summed E-state index contributed by atoms with van der Waals surface area (Å²) in [6.07, 6.45) is 0.226. The van der Waals surface area contributed by atoms with Crippen LogP contribution in [-0.4, -0.2) is 91.6 Å². The molecule has 0 radical (unpaired) electrons. The molecule has 0 aromatic carbocycles. The van der Waals surface area contributed by atoms with Crippen LogP contribution < -0.4 is 0 Å². The number of rotatable bonds is 4. The van der Waals surface area contributed by atoms with E-state index in [1.165, 1.54) is 4.31 Å². The van der Waals surface area contributed by atoms with Crippen LogP contribution in [0.2, 0.25) is 0 Å². The number of morpholine rings is 1. The van der Waals surface area contributed by atoms with Crippen LogP contribution in [0.1, 0.15) is 20.3 Å². The summed E-state index contributed by atoms with van der Waals surface area (Å²) in [5.74, 6) is -0.348. The van der Waals surface area contributed by atoms with E-state index < -0.39 is 15.3 Å². The highest BCUT2D eigenvalue weighted by Crippen LogP contribution is 2.28. The topological polar surface area (TPSA) is 87.2 Å². The van der Waals surface area contributed by atoms with Crippen LogP contribution in [0.5, 0.6) is 0 Å². The molecule has 8 nitrogen and oxygen atoms in total. The summed E-state index contributed by atoms with van der Waals surface area (Å²) in [6.45, 7) is 6.62. The van der Waals surface area contributed by atoms with Gasteiger partial charge in [0.05, 0.1) is 30.4 Å². The second kappa shape index (κ2) is 6.61. The Morgan fingerprint density at radius 2 is 1.79 bits per heavy atom. The number of amides is 2. The number of sulfonamides is 1. The van der Waals surface area contributed by atoms with Gasteiger partial charge in [0.1, 0.15) is 0 Å². The quantitative estimate of drug-likeness (QED) is 0.650. The van der Waals surface area contributed by atoms with E-state index >= 15 is 0 Å². The van der Waals surface area contributed by atoms with E-state index in [0.717, 1.165) is 0 Å². The molecule has 0 aromatic rings. The van der Waals surface area contributed by atoms with Crippen LogP contribution in [0, 0.1) is 5.92 Å². The van der Waals surface area contributed by atoms with Crippen molar-refractivity contribution in [1.29, 1.82) is 0 Å². The molecule has 0 bridgehead atoms. The molecular weight excluding hydrogens is 334 g/mol. The van der Waals surface area contributed by atoms with Gasteiger partial charge in [-0.3, -0.25) is 9.59 Å². The van der Waals surface area contributed by atoms with Gasteiger partial charge < -0.3 is 14.5 Å². The van der Waals surface area contributed by atoms with Crippen LogP contribution in [0.15, 0.2) is 0 Å². The highest BCUT2D eigenvalue weighted by atomic mass is 32.2. The molecule has 2 amide bonds. The molecule has 24 heavy (non-hydrogen) atoms. The zero-order chi connectivity index (χ0) is 17.5. The average molecular weight is 359 g/mol. The third kappa shape index (κ3) is 3.16. The molecule has 3 aliphatic rings. The maximum Gasteiger partial charge on any atom is 0.228 e. The van der Waals surface area contributed by atoms with E-state index in [2.05, 4.69) is 0 Å². The van der Waals surface area contributed by atoms with Gasteiger partial charge >= 0.3 is 0 Å². The fourth-order valence-electron chi connectivity index (χ4n) is 3.41. The number of carbonyl (C=O) groups excluding carboxylic acids is 2. The van der Waals surface area contributed by atoms with Gasteiger partial charge in [0.15, 0.2) is 0 Å². The maximum atomic E-state index is 12.5. The van der Waals surface area contributed by atoms with E-state index in [1.807, 2.05) is 0 Å². The van der Waals surface area contributed by atoms with E-state index in [-0.39, 0.29) is 30.2 Å². The molecule has 0 aliphatic carbocycles. The van der Waals surface area contributed by atoms with Gasteiger partial charge in [0, 0.05) is 39.1 Å². The fraction of sp³-hybridized carbons (Fsp3) is 0.867. The number of hydrogen-bond donors (Lipinski definition) is 0. The lowest BCUT2D eigenvalue weighted by molar-refractivity contribution is -0.139. The Bertz CT molecular complexity index is 609. The van der Waals surface area contributed by atoms with Crippen molar-refractivity contribution in [3.8, 4) is 0 Å². The van der Waals surface area contributed by atoms with Crippen molar-refractivity contribution < 1.29 is 22.7 Å². The summed E-state index contributed by atoms with van der Waals surface area (Å²) in [5.41, 5.74) is 0. The van der Waals surface area contributed by atoms with Crippen LogP contribution in [-0.2, 0) is 24.3 Å². The summed E-state index contributed by atoms with van der Waals surface area (Å²) in [4.78, 5) is 28.2. The standard InChI is InChI=1S/C15H25N3O5S/c1-11(2)24(21,22)17-9-13(10-17)18-8-12(7-14(18)19)15(20)16-3-5-23-6-4-16/h11-13H,3-10H2,1-2H3. The summed E-state index contributed by atoms with van der Waals surface area (Å²) in [7, 11) is -3.26. The van der Waals surface area contributed by atoms with Crippen LogP contribution >= 0.6 is 0 Å². The zero-order valence-electron chi connectivity index (χ0n) is 14.2. The molecule has 0 spiro atoms. The number of carbonyl (C=O) groups is 2. The monoisotopic (exact) mass is 359 g/mol. The predicted octanol–water partition coefficient (Wildman–Crippen LogP) is -0.884. The molecule has 3 aliphatic heterocycles. The summed E-state index contributed by atoms with van der Waals surface area (Å²) in [6, 6.07) is -0.103. The van der Waals surface area contributed by atoms with Crippen molar-refractivity contribution >= 4 is 21.8 Å². The van der Waals surface area contributed by atoms with Gasteiger partial charge in [0.2, 0.25) is 21.8 Å². The van der Waals surface area contributed by atoms with Crippen molar-refractivity contribution in [3.05, 3.63) is 0 Å². The zero-order valence-corrected chi connectivity index (χ0v) is 15.0. The smallest absolute Gasteiger partial charge is 0.228 e. The average Bonchev–Trinajstić information content (AvgIpc) is 2.87. The molecule has 0 saturated carbocycles. The first kappa shape index (κ1) is 17.6. The first-order valence-corrected chi connectivity index (χ1v) is 9.96. The van der Waals surface area contributed by atoms with Gasteiger partial charge in [-0.1, -0.05) is 0 Å². The molecule has 9 heteroatoms. The molecule has 1 atom stereocenters. The summed E-state index contributed by atoms with van der Waals surface area (Å²) >= 11 is 0. The normalized spacial score (nSPS) is 27.0. The highest BCUT2D eigenvalue weighted by Gasteiger charge is 2.46. The largest absolute Gasteiger partial charge is 0.378 e. The molecule has 0 N–H and O–H groups in total. The first-order chi connectivity index (χ1) is 11.3. The third-order valence-electron chi connectivity index (χ3n) is 5.06. The van der Waals surface area contributed by atoms with Crippen molar-refractivity contribution in [2.75, 3.05) is 45.9 Å². The Morgan fingerprint density at radius 3 is 2.38 bits per heavy atom. The minimum atomic E-state index is -3.26. The molecular formula is C15H25N3O5S. The van der Waals surface area contributed by atoms with Gasteiger partial charge in [-0.25, -0.2) is 8.42 Å². The lowest BCUT2D eigenvalue weighted by Crippen LogP contribution is -2.62. The SMILES string of the molecule is CC(C)S(=O)(=O)N1CC(N2CC(C(=O)N3CCOCC3)CC2=O)C1. The van der Waals surface area contributed by atoms with Gasteiger partial charge in [-0.05, 0) is 13.8 Å². The Kier molecular flexibility index (Phi) is 4.85. The Labute approximate surface area is 142 Å². The first-order valence-electron chi connectivity index (χ1n) is 8.45. The van der Waals surface area contributed by atoms with Crippen molar-refractivity contribution in [2.45, 2.75) is 31.6 Å². The molecule has 3 saturated heterocycles. The predicted molar refractivity (Wildman–Crippen MR) is 86.6 cm³/mol. The van der Waals surface area contributed by atoms with Gasteiger partial charge in [0.25, 0.3) is 0 Å². The fourth-order valence-corrected chi connectivity index (χ4v) is 4.77. The number of hydrogen-bond acceptors (Lipinski definition) is 5. The van der Waals surface area contributed by atoms with E-state index in [4.69, 9.17) is 4.74 Å². The molecule has 3 rings (SSSR count). The maximum absolute atomic E-state index is 12.5. The van der Waals surface area contributed by atoms with Crippen molar-refractivity contribution in [3.63, 3.8) is 0 Å². The highest BCUT2D eigenvalue weighted by molar-refractivity contribution is 7.89. The molecule has 1 unspecified atom stereocenters. The second-order valence-electron chi connectivity index (χ2n) is 6.95. The molecule has 136 valence electrons. The van der Waals surface area contributed by atoms with E-state index in [9.17, 15) is 18.0 Å². The number of likely N-dealkylation sites (tertiary alicyclic amines) is 1. The summed E-state index contributed by atoms with van der Waals surface area (Å²) < 4.78 is 30.8. The minimum absolute atomic E-state index is 0.0140. The third-order valence-corrected chi connectivity index (χ3v) is 7.26. The number of nitrogens with zero attached hydrogens (tertiary/aromatic N) is 3. The van der Waals surface area contributed by atoms with Gasteiger partial charge in [-0.2, -0.15) is 4.31 Å². The lowest BCUT2D eigenvalue weighted by atomic mass is 10.1. The van der Waals surface area contributed by atoms with E-state index in [0.29, 0.717) is 45.9 Å². The van der Waals surface area contributed by atoms with Crippen LogP contribution in [0.4, 0.5) is 0 Å². The number of ether oxygens (including phenoxy) is 1. The molecule has 3 heterocycles. The Balaban J connectivity index is 1.56.